The third kappa shape index (κ3) is 4.05. The van der Waals surface area contributed by atoms with Gasteiger partial charge in [0.15, 0.2) is 0 Å². The molecule has 1 aromatic carbocycles. The topological polar surface area (TPSA) is 12.0 Å². The van der Waals surface area contributed by atoms with Crippen LogP contribution in [0.5, 0.6) is 0 Å². The Labute approximate surface area is 123 Å². The fourth-order valence-corrected chi connectivity index (χ4v) is 3.55. The summed E-state index contributed by atoms with van der Waals surface area (Å²) in [6.45, 7) is 6.64. The number of benzene rings is 1. The summed E-state index contributed by atoms with van der Waals surface area (Å²) in [6.07, 6.45) is 6.26. The van der Waals surface area contributed by atoms with Crippen LogP contribution in [-0.4, -0.2) is 13.1 Å². The lowest BCUT2D eigenvalue weighted by molar-refractivity contribution is 0.225. The normalized spacial score (nSPS) is 26.6. The molecule has 20 heavy (non-hydrogen) atoms. The molecule has 1 N–H and O–H groups in total. The van der Waals surface area contributed by atoms with Crippen LogP contribution >= 0.6 is 0 Å². The molecule has 3 unspecified atom stereocenters. The summed E-state index contributed by atoms with van der Waals surface area (Å²) >= 11 is 0. The first kappa shape index (κ1) is 15.5. The largest absolute Gasteiger partial charge is 0.316 e. The molecule has 2 rings (SSSR count). The Balaban J connectivity index is 2.09. The zero-order chi connectivity index (χ0) is 14.4. The Morgan fingerprint density at radius 2 is 2.10 bits per heavy atom. The number of nitrogens with one attached hydrogen (secondary N) is 1. The van der Waals surface area contributed by atoms with Gasteiger partial charge in [0.05, 0.1) is 0 Å². The first-order valence-corrected chi connectivity index (χ1v) is 8.20. The van der Waals surface area contributed by atoms with Gasteiger partial charge in [-0.05, 0) is 67.8 Å². The Morgan fingerprint density at radius 1 is 1.25 bits per heavy atom. The SMILES string of the molecule is CCCNCC1CCC(CC)CC1c1cccc(F)c1. The first-order chi connectivity index (χ1) is 9.74. The van der Waals surface area contributed by atoms with Crippen molar-refractivity contribution in [3.05, 3.63) is 35.6 Å². The monoisotopic (exact) mass is 277 g/mol. The fraction of sp³-hybridized carbons (Fsp3) is 0.667. The predicted molar refractivity (Wildman–Crippen MR) is 83.4 cm³/mol. The van der Waals surface area contributed by atoms with Gasteiger partial charge in [-0.2, -0.15) is 0 Å². The lowest BCUT2D eigenvalue weighted by Gasteiger charge is -2.36. The predicted octanol–water partition coefficient (Wildman–Crippen LogP) is 4.74. The van der Waals surface area contributed by atoms with Crippen molar-refractivity contribution in [1.82, 2.24) is 5.32 Å². The second kappa shape index (κ2) is 7.78. The van der Waals surface area contributed by atoms with E-state index in [1.807, 2.05) is 6.07 Å². The van der Waals surface area contributed by atoms with E-state index in [-0.39, 0.29) is 5.82 Å². The lowest BCUT2D eigenvalue weighted by Crippen LogP contribution is -2.32. The average molecular weight is 277 g/mol. The van der Waals surface area contributed by atoms with Gasteiger partial charge in [-0.3, -0.25) is 0 Å². The maximum Gasteiger partial charge on any atom is 0.123 e. The second-order valence-electron chi connectivity index (χ2n) is 6.21. The van der Waals surface area contributed by atoms with Crippen LogP contribution in [0.1, 0.15) is 57.4 Å². The molecule has 1 aliphatic carbocycles. The van der Waals surface area contributed by atoms with Gasteiger partial charge < -0.3 is 5.32 Å². The van der Waals surface area contributed by atoms with Crippen molar-refractivity contribution in [2.24, 2.45) is 11.8 Å². The molecule has 0 heterocycles. The minimum Gasteiger partial charge on any atom is -0.316 e. The van der Waals surface area contributed by atoms with Crippen molar-refractivity contribution in [2.45, 2.75) is 51.9 Å². The van der Waals surface area contributed by atoms with Gasteiger partial charge in [0.25, 0.3) is 0 Å². The minimum absolute atomic E-state index is 0.0959. The first-order valence-electron chi connectivity index (χ1n) is 8.20. The highest BCUT2D eigenvalue weighted by atomic mass is 19.1. The summed E-state index contributed by atoms with van der Waals surface area (Å²) in [5.74, 6) is 1.90. The van der Waals surface area contributed by atoms with Crippen molar-refractivity contribution in [2.75, 3.05) is 13.1 Å². The maximum absolute atomic E-state index is 13.5. The van der Waals surface area contributed by atoms with Gasteiger partial charge in [-0.15, -0.1) is 0 Å². The molecule has 1 aliphatic rings. The number of halogens is 1. The third-order valence-electron chi connectivity index (χ3n) is 4.79. The van der Waals surface area contributed by atoms with Crippen LogP contribution in [0.3, 0.4) is 0 Å². The Bertz CT molecular complexity index is 402. The van der Waals surface area contributed by atoms with Crippen LogP contribution in [0.15, 0.2) is 24.3 Å². The van der Waals surface area contributed by atoms with Crippen molar-refractivity contribution >= 4 is 0 Å². The van der Waals surface area contributed by atoms with Crippen molar-refractivity contribution in [3.63, 3.8) is 0 Å². The minimum atomic E-state index is -0.0959. The third-order valence-corrected chi connectivity index (χ3v) is 4.79. The fourth-order valence-electron chi connectivity index (χ4n) is 3.55. The molecular formula is C18H28FN. The van der Waals surface area contributed by atoms with Crippen LogP contribution < -0.4 is 5.32 Å². The van der Waals surface area contributed by atoms with Crippen molar-refractivity contribution < 1.29 is 4.39 Å². The molecule has 2 heteroatoms. The van der Waals surface area contributed by atoms with E-state index in [2.05, 4.69) is 25.2 Å². The number of rotatable bonds is 6. The maximum atomic E-state index is 13.5. The van der Waals surface area contributed by atoms with Crippen LogP contribution in [0.4, 0.5) is 4.39 Å². The molecule has 0 bridgehead atoms. The van der Waals surface area contributed by atoms with Gasteiger partial charge >= 0.3 is 0 Å². The zero-order valence-electron chi connectivity index (χ0n) is 12.9. The zero-order valence-corrected chi connectivity index (χ0v) is 12.9. The molecule has 0 saturated heterocycles. The van der Waals surface area contributed by atoms with E-state index in [1.165, 1.54) is 37.7 Å². The van der Waals surface area contributed by atoms with E-state index in [0.717, 1.165) is 19.0 Å². The summed E-state index contributed by atoms with van der Waals surface area (Å²) < 4.78 is 13.5. The van der Waals surface area contributed by atoms with Crippen molar-refractivity contribution in [3.8, 4) is 0 Å². The molecule has 0 aliphatic heterocycles. The quantitative estimate of drug-likeness (QED) is 0.741. The Kier molecular flexibility index (Phi) is 6.03. The molecule has 1 aromatic rings. The molecule has 0 amide bonds. The van der Waals surface area contributed by atoms with E-state index in [9.17, 15) is 4.39 Å². The summed E-state index contributed by atoms with van der Waals surface area (Å²) in [5, 5.41) is 3.56. The van der Waals surface area contributed by atoms with Crippen LogP contribution in [0.25, 0.3) is 0 Å². The van der Waals surface area contributed by atoms with E-state index < -0.39 is 0 Å². The Hall–Kier alpha value is -0.890. The molecule has 3 atom stereocenters. The molecule has 112 valence electrons. The standard InChI is InChI=1S/C18H28FN/c1-3-10-20-13-16-9-8-14(4-2)11-18(16)15-6-5-7-17(19)12-15/h5-7,12,14,16,18,20H,3-4,8-11,13H2,1-2H3. The van der Waals surface area contributed by atoms with Gasteiger partial charge in [0.2, 0.25) is 0 Å². The average Bonchev–Trinajstić information content (AvgIpc) is 2.48. The van der Waals surface area contributed by atoms with Crippen LogP contribution in [0.2, 0.25) is 0 Å². The molecule has 0 aromatic heterocycles. The van der Waals surface area contributed by atoms with Gasteiger partial charge in [-0.1, -0.05) is 38.8 Å². The summed E-state index contributed by atoms with van der Waals surface area (Å²) in [7, 11) is 0. The Morgan fingerprint density at radius 3 is 2.80 bits per heavy atom. The summed E-state index contributed by atoms with van der Waals surface area (Å²) in [4.78, 5) is 0. The van der Waals surface area contributed by atoms with Gasteiger partial charge in [0, 0.05) is 0 Å². The van der Waals surface area contributed by atoms with E-state index in [4.69, 9.17) is 0 Å². The summed E-state index contributed by atoms with van der Waals surface area (Å²) in [5.41, 5.74) is 1.20. The smallest absolute Gasteiger partial charge is 0.123 e. The molecule has 0 spiro atoms. The molecular weight excluding hydrogens is 249 g/mol. The van der Waals surface area contributed by atoms with Crippen molar-refractivity contribution in [1.29, 1.82) is 0 Å². The lowest BCUT2D eigenvalue weighted by atomic mass is 9.70. The van der Waals surface area contributed by atoms with E-state index >= 15 is 0 Å². The molecule has 0 radical (unpaired) electrons. The summed E-state index contributed by atoms with van der Waals surface area (Å²) in [6, 6.07) is 7.26. The molecule has 1 fully saturated rings. The van der Waals surface area contributed by atoms with Crippen LogP contribution in [0, 0.1) is 17.7 Å². The van der Waals surface area contributed by atoms with Gasteiger partial charge in [-0.25, -0.2) is 4.39 Å². The van der Waals surface area contributed by atoms with Crippen LogP contribution in [-0.2, 0) is 0 Å². The number of hydrogen-bond donors (Lipinski definition) is 1. The highest BCUT2D eigenvalue weighted by Crippen LogP contribution is 2.41. The highest BCUT2D eigenvalue weighted by Gasteiger charge is 2.30. The van der Waals surface area contributed by atoms with E-state index in [0.29, 0.717) is 11.8 Å². The molecule has 1 saturated carbocycles. The second-order valence-corrected chi connectivity index (χ2v) is 6.21. The highest BCUT2D eigenvalue weighted by molar-refractivity contribution is 5.22. The van der Waals surface area contributed by atoms with Gasteiger partial charge in [0.1, 0.15) is 5.82 Å². The number of hydrogen-bond acceptors (Lipinski definition) is 1. The molecule has 1 nitrogen and oxygen atoms in total. The van der Waals surface area contributed by atoms with E-state index in [1.54, 1.807) is 12.1 Å².